The van der Waals surface area contributed by atoms with Gasteiger partial charge in [0.2, 0.25) is 0 Å². The maximum absolute atomic E-state index is 13.5. The number of nitrogens with zero attached hydrogens (tertiary/aromatic N) is 2. The molecule has 0 spiro atoms. The van der Waals surface area contributed by atoms with Crippen LogP contribution in [-0.4, -0.2) is 52.2 Å². The molecular formula is C25H37N5O5. The van der Waals surface area contributed by atoms with Gasteiger partial charge in [-0.1, -0.05) is 13.8 Å². The predicted molar refractivity (Wildman–Crippen MR) is 129 cm³/mol. The maximum atomic E-state index is 13.5. The van der Waals surface area contributed by atoms with Gasteiger partial charge in [-0.2, -0.15) is 5.10 Å². The lowest BCUT2D eigenvalue weighted by molar-refractivity contribution is -0.137. The van der Waals surface area contributed by atoms with Crippen LogP contribution in [0.4, 0.5) is 9.59 Å². The number of methoxy groups -OCH3 is 1. The zero-order valence-corrected chi connectivity index (χ0v) is 21.2. The summed E-state index contributed by atoms with van der Waals surface area (Å²) in [4.78, 5) is 36.6. The van der Waals surface area contributed by atoms with E-state index in [1.807, 2.05) is 27.7 Å². The molecule has 0 aliphatic heterocycles. The van der Waals surface area contributed by atoms with Gasteiger partial charge < -0.3 is 25.8 Å². The number of rotatable bonds is 7. The molecule has 3 amide bonds. The molecule has 5 rings (SSSR count). The molecule has 4 fully saturated rings. The molecule has 0 radical (unpaired) electrons. The highest BCUT2D eigenvalue weighted by molar-refractivity contribution is 5.95. The zero-order valence-electron chi connectivity index (χ0n) is 21.2. The number of primary amides is 1. The molecule has 0 aromatic carbocycles. The second kappa shape index (κ2) is 9.20. The zero-order chi connectivity index (χ0) is 25.5. The van der Waals surface area contributed by atoms with Gasteiger partial charge in [-0.25, -0.2) is 14.3 Å². The number of ether oxygens (including phenoxy) is 2. The monoisotopic (exact) mass is 487 g/mol. The lowest BCUT2D eigenvalue weighted by atomic mass is 9.52. The molecule has 4 bridgehead atoms. The van der Waals surface area contributed by atoms with Crippen LogP contribution in [0.2, 0.25) is 0 Å². The molecule has 1 heterocycles. The third-order valence-corrected chi connectivity index (χ3v) is 7.70. The van der Waals surface area contributed by atoms with E-state index in [0.717, 1.165) is 37.8 Å². The van der Waals surface area contributed by atoms with Crippen LogP contribution in [0, 0.1) is 17.8 Å². The van der Waals surface area contributed by atoms with Crippen LogP contribution in [0.15, 0.2) is 12.3 Å². The van der Waals surface area contributed by atoms with Gasteiger partial charge in [-0.05, 0) is 75.7 Å². The fraction of sp³-hybridized carbons (Fsp3) is 0.680. The molecule has 10 heteroatoms. The number of hydrogen-bond acceptors (Lipinski definition) is 6. The SMILES string of the molecule is COC(=O)NC(C)(C)/C=C/n1ncc(C(=O)N[C@H]2C3CC4CC2C[C@](OC(N)=O)(C4)C3)c1C(C)C. The van der Waals surface area contributed by atoms with E-state index in [-0.39, 0.29) is 29.7 Å². The van der Waals surface area contributed by atoms with Crippen molar-refractivity contribution < 1.29 is 23.9 Å². The van der Waals surface area contributed by atoms with E-state index in [4.69, 9.17) is 10.5 Å². The summed E-state index contributed by atoms with van der Waals surface area (Å²) in [7, 11) is 1.32. The van der Waals surface area contributed by atoms with Gasteiger partial charge in [0.15, 0.2) is 0 Å². The summed E-state index contributed by atoms with van der Waals surface area (Å²) < 4.78 is 12.0. The molecule has 4 aliphatic rings. The molecule has 1 aromatic heterocycles. The van der Waals surface area contributed by atoms with Crippen LogP contribution in [0.5, 0.6) is 0 Å². The van der Waals surface area contributed by atoms with Gasteiger partial charge in [0.1, 0.15) is 5.60 Å². The summed E-state index contributed by atoms with van der Waals surface area (Å²) in [5.74, 6) is 0.966. The number of aromatic nitrogens is 2. The van der Waals surface area contributed by atoms with E-state index in [0.29, 0.717) is 11.5 Å². The number of nitrogens with one attached hydrogen (secondary N) is 2. The van der Waals surface area contributed by atoms with Crippen molar-refractivity contribution in [3.8, 4) is 0 Å². The minimum Gasteiger partial charge on any atom is -0.453 e. The summed E-state index contributed by atoms with van der Waals surface area (Å²) >= 11 is 0. The van der Waals surface area contributed by atoms with Crippen LogP contribution in [-0.2, 0) is 9.47 Å². The fourth-order valence-electron chi connectivity index (χ4n) is 6.61. The second-order valence-corrected chi connectivity index (χ2v) is 11.3. The third kappa shape index (κ3) is 5.16. The van der Waals surface area contributed by atoms with Gasteiger partial charge in [0, 0.05) is 12.2 Å². The minimum absolute atomic E-state index is 0.0466. The maximum Gasteiger partial charge on any atom is 0.407 e. The van der Waals surface area contributed by atoms with Gasteiger partial charge in [0.25, 0.3) is 5.91 Å². The molecule has 2 unspecified atom stereocenters. The van der Waals surface area contributed by atoms with Gasteiger partial charge in [-0.3, -0.25) is 4.79 Å². The highest BCUT2D eigenvalue weighted by Crippen LogP contribution is 2.57. The van der Waals surface area contributed by atoms with Crippen molar-refractivity contribution in [3.63, 3.8) is 0 Å². The summed E-state index contributed by atoms with van der Waals surface area (Å²) in [6.45, 7) is 7.72. The molecule has 192 valence electrons. The molecule has 4 aliphatic carbocycles. The lowest BCUT2D eigenvalue weighted by Gasteiger charge is -2.58. The normalized spacial score (nSPS) is 29.4. The van der Waals surface area contributed by atoms with Crippen LogP contribution < -0.4 is 16.4 Å². The van der Waals surface area contributed by atoms with Gasteiger partial charge >= 0.3 is 12.2 Å². The Morgan fingerprint density at radius 1 is 1.23 bits per heavy atom. The molecule has 0 saturated heterocycles. The van der Waals surface area contributed by atoms with Gasteiger partial charge in [0.05, 0.1) is 30.1 Å². The fourth-order valence-corrected chi connectivity index (χ4v) is 6.61. The largest absolute Gasteiger partial charge is 0.453 e. The van der Waals surface area contributed by atoms with Crippen molar-refractivity contribution in [1.82, 2.24) is 20.4 Å². The Morgan fingerprint density at radius 3 is 2.46 bits per heavy atom. The molecule has 1 aromatic rings. The average Bonchev–Trinajstić information content (AvgIpc) is 3.17. The van der Waals surface area contributed by atoms with Crippen molar-refractivity contribution in [3.05, 3.63) is 23.5 Å². The van der Waals surface area contributed by atoms with E-state index in [1.54, 1.807) is 23.2 Å². The summed E-state index contributed by atoms with van der Waals surface area (Å²) in [6, 6.07) is 0.0470. The first-order valence-corrected chi connectivity index (χ1v) is 12.3. The van der Waals surface area contributed by atoms with Crippen LogP contribution in [0.1, 0.15) is 81.8 Å². The summed E-state index contributed by atoms with van der Waals surface area (Å²) in [6.07, 6.45) is 8.37. The van der Waals surface area contributed by atoms with Crippen molar-refractivity contribution in [2.24, 2.45) is 23.5 Å². The highest BCUT2D eigenvalue weighted by atomic mass is 16.6. The Balaban J connectivity index is 1.50. The number of nitrogens with two attached hydrogens (primary N) is 1. The van der Waals surface area contributed by atoms with E-state index in [9.17, 15) is 14.4 Å². The smallest absolute Gasteiger partial charge is 0.407 e. The highest BCUT2D eigenvalue weighted by Gasteiger charge is 2.57. The van der Waals surface area contributed by atoms with Crippen LogP contribution in [0.25, 0.3) is 6.20 Å². The molecular weight excluding hydrogens is 450 g/mol. The number of carbonyl (C=O) groups is 3. The topological polar surface area (TPSA) is 138 Å². The van der Waals surface area contributed by atoms with Crippen molar-refractivity contribution in [1.29, 1.82) is 0 Å². The average molecular weight is 488 g/mol. The number of carbonyl (C=O) groups excluding carboxylic acids is 3. The standard InChI is InChI=1S/C25H37N5O5/c1-14(2)20-18(13-27-30(20)7-6-24(3,4)29-23(33)34-5)21(31)28-19-16-8-15-9-17(19)12-25(10-15,11-16)35-22(26)32/h6-7,13-17,19H,8-12H2,1-5H3,(H2,26,32)(H,28,31)(H,29,33)/b7-6+/t15?,16?,17?,19-,25-. The summed E-state index contributed by atoms with van der Waals surface area (Å²) in [5, 5.41) is 10.5. The quantitative estimate of drug-likeness (QED) is 0.539. The molecule has 4 N–H and O–H groups in total. The van der Waals surface area contributed by atoms with Crippen LogP contribution in [0.3, 0.4) is 0 Å². The van der Waals surface area contributed by atoms with Crippen molar-refractivity contribution >= 4 is 24.3 Å². The molecule has 10 nitrogen and oxygen atoms in total. The Bertz CT molecular complexity index is 1010. The molecule has 4 saturated carbocycles. The second-order valence-electron chi connectivity index (χ2n) is 11.3. The van der Waals surface area contributed by atoms with Crippen molar-refractivity contribution in [2.75, 3.05) is 7.11 Å². The van der Waals surface area contributed by atoms with E-state index >= 15 is 0 Å². The Hall–Kier alpha value is -3.04. The van der Waals surface area contributed by atoms with E-state index < -0.39 is 23.3 Å². The Labute approximate surface area is 206 Å². The first-order chi connectivity index (χ1) is 16.4. The predicted octanol–water partition coefficient (Wildman–Crippen LogP) is 3.38. The molecule has 2 atom stereocenters. The molecule has 35 heavy (non-hydrogen) atoms. The number of amides is 3. The van der Waals surface area contributed by atoms with Crippen molar-refractivity contribution in [2.45, 2.75) is 82.9 Å². The van der Waals surface area contributed by atoms with Gasteiger partial charge in [-0.15, -0.1) is 0 Å². The number of hydrogen-bond donors (Lipinski definition) is 3. The Morgan fingerprint density at radius 2 is 1.89 bits per heavy atom. The number of alkyl carbamates (subject to hydrolysis) is 1. The van der Waals surface area contributed by atoms with Crippen LogP contribution >= 0.6 is 0 Å². The third-order valence-electron chi connectivity index (χ3n) is 7.70. The van der Waals surface area contributed by atoms with E-state index in [2.05, 4.69) is 20.5 Å². The van der Waals surface area contributed by atoms with E-state index in [1.165, 1.54) is 7.11 Å². The Kier molecular flexibility index (Phi) is 6.59. The summed E-state index contributed by atoms with van der Waals surface area (Å²) in [5.41, 5.74) is 5.57. The minimum atomic E-state index is -0.709. The first-order valence-electron chi connectivity index (χ1n) is 12.3. The first kappa shape index (κ1) is 25.1. The lowest BCUT2D eigenvalue weighted by Crippen LogP contribution is -2.63.